The first-order valence-electron chi connectivity index (χ1n) is 12.4. The Balaban J connectivity index is 1.51. The second-order valence-corrected chi connectivity index (χ2v) is 9.63. The minimum atomic E-state index is -0.457. The van der Waals surface area contributed by atoms with Crippen molar-refractivity contribution in [2.24, 2.45) is 7.05 Å². The molecule has 176 valence electrons. The van der Waals surface area contributed by atoms with Gasteiger partial charge in [0.25, 0.3) is 5.91 Å². The van der Waals surface area contributed by atoms with E-state index in [-0.39, 0.29) is 17.9 Å². The van der Waals surface area contributed by atoms with Gasteiger partial charge in [-0.25, -0.2) is 0 Å². The van der Waals surface area contributed by atoms with E-state index >= 15 is 0 Å². The second-order valence-electron chi connectivity index (χ2n) is 9.63. The normalized spacial score (nSPS) is 21.5. The van der Waals surface area contributed by atoms with Crippen LogP contribution in [0.5, 0.6) is 0 Å². The summed E-state index contributed by atoms with van der Waals surface area (Å²) >= 11 is 0. The first-order valence-corrected chi connectivity index (χ1v) is 12.4. The van der Waals surface area contributed by atoms with Crippen LogP contribution in [-0.4, -0.2) is 34.9 Å². The molecule has 2 amide bonds. The molecule has 1 aromatic heterocycles. The van der Waals surface area contributed by atoms with Crippen molar-refractivity contribution in [3.8, 4) is 0 Å². The van der Waals surface area contributed by atoms with Crippen LogP contribution in [0.15, 0.2) is 60.3 Å². The van der Waals surface area contributed by atoms with Gasteiger partial charge in [-0.3, -0.25) is 9.59 Å². The highest BCUT2D eigenvalue weighted by Gasteiger charge is 2.44. The van der Waals surface area contributed by atoms with Gasteiger partial charge in [-0.15, -0.1) is 0 Å². The first kappa shape index (κ1) is 22.5. The molecular formula is C29H33N3O2. The van der Waals surface area contributed by atoms with E-state index in [0.29, 0.717) is 12.1 Å². The van der Waals surface area contributed by atoms with Crippen molar-refractivity contribution < 1.29 is 9.59 Å². The number of hydrogen-bond acceptors (Lipinski definition) is 2. The van der Waals surface area contributed by atoms with Crippen molar-refractivity contribution in [3.05, 3.63) is 88.3 Å². The van der Waals surface area contributed by atoms with E-state index in [1.807, 2.05) is 44.4 Å². The summed E-state index contributed by atoms with van der Waals surface area (Å²) in [4.78, 5) is 28.9. The number of benzene rings is 1. The van der Waals surface area contributed by atoms with Crippen molar-refractivity contribution >= 4 is 17.9 Å². The predicted molar refractivity (Wildman–Crippen MR) is 135 cm³/mol. The third-order valence-corrected chi connectivity index (χ3v) is 7.50. The summed E-state index contributed by atoms with van der Waals surface area (Å²) < 4.78 is 2.11. The van der Waals surface area contributed by atoms with Crippen LogP contribution in [0.2, 0.25) is 0 Å². The van der Waals surface area contributed by atoms with Crippen LogP contribution in [-0.2, 0) is 18.3 Å². The number of rotatable bonds is 5. The molecule has 0 saturated heterocycles. The summed E-state index contributed by atoms with van der Waals surface area (Å²) in [6.07, 6.45) is 19.3. The summed E-state index contributed by atoms with van der Waals surface area (Å²) in [5.41, 5.74) is 6.26. The van der Waals surface area contributed by atoms with Gasteiger partial charge in [0.2, 0.25) is 5.91 Å². The van der Waals surface area contributed by atoms with E-state index in [1.165, 1.54) is 24.0 Å². The molecule has 1 aliphatic heterocycles. The maximum atomic E-state index is 13.8. The molecule has 1 N–H and O–H groups in total. The average molecular weight is 456 g/mol. The smallest absolute Gasteiger partial charge is 0.254 e. The fourth-order valence-corrected chi connectivity index (χ4v) is 5.76. The van der Waals surface area contributed by atoms with Crippen LogP contribution in [0.1, 0.15) is 76.8 Å². The summed E-state index contributed by atoms with van der Waals surface area (Å²) in [6.45, 7) is 0.631. The molecule has 2 aliphatic carbocycles. The largest absolute Gasteiger partial charge is 0.355 e. The molecule has 2 heterocycles. The summed E-state index contributed by atoms with van der Waals surface area (Å²) in [5, 5.41) is 3.22. The molecule has 2 unspecified atom stereocenters. The van der Waals surface area contributed by atoms with Gasteiger partial charge in [0, 0.05) is 38.1 Å². The fraction of sp³-hybridized carbons (Fsp3) is 0.379. The fourth-order valence-electron chi connectivity index (χ4n) is 5.76. The number of carbonyl (C=O) groups is 2. The lowest BCUT2D eigenvalue weighted by atomic mass is 9.78. The number of amides is 2. The van der Waals surface area contributed by atoms with Gasteiger partial charge in [-0.1, -0.05) is 48.1 Å². The highest BCUT2D eigenvalue weighted by Crippen LogP contribution is 2.44. The number of nitrogens with one attached hydrogen (secondary N) is 1. The Kier molecular flexibility index (Phi) is 6.27. The molecular weight excluding hydrogens is 422 g/mol. The van der Waals surface area contributed by atoms with E-state index in [9.17, 15) is 9.59 Å². The summed E-state index contributed by atoms with van der Waals surface area (Å²) in [6, 6.07) is 7.24. The van der Waals surface area contributed by atoms with E-state index in [2.05, 4.69) is 40.4 Å². The van der Waals surface area contributed by atoms with Crippen LogP contribution in [0.4, 0.5) is 0 Å². The maximum absolute atomic E-state index is 13.8. The number of allylic oxidation sites excluding steroid dienone is 4. The second kappa shape index (κ2) is 9.49. The minimum absolute atomic E-state index is 0.00878. The molecule has 34 heavy (non-hydrogen) atoms. The number of likely N-dealkylation sites (N-methyl/N-ethyl adjacent to an activating group) is 1. The SMILES string of the molecule is CN1C(=O)c2ccccc2C(C(=O)NCCC2=CCCCC2)C1c1cn(C)c2c1CC=CC=C2. The van der Waals surface area contributed by atoms with Gasteiger partial charge in [0.05, 0.1) is 12.0 Å². The zero-order chi connectivity index (χ0) is 23.7. The van der Waals surface area contributed by atoms with Gasteiger partial charge in [0.1, 0.15) is 0 Å². The molecule has 0 fully saturated rings. The third kappa shape index (κ3) is 4.04. The molecule has 1 aromatic carbocycles. The Labute approximate surface area is 201 Å². The number of fused-ring (bicyclic) bond motifs is 2. The van der Waals surface area contributed by atoms with Crippen LogP contribution in [0.25, 0.3) is 6.08 Å². The van der Waals surface area contributed by atoms with E-state index < -0.39 is 5.92 Å². The predicted octanol–water partition coefficient (Wildman–Crippen LogP) is 5.07. The van der Waals surface area contributed by atoms with Crippen LogP contribution < -0.4 is 5.32 Å². The number of aromatic nitrogens is 1. The molecule has 5 heteroatoms. The molecule has 5 rings (SSSR count). The van der Waals surface area contributed by atoms with Gasteiger partial charge < -0.3 is 14.8 Å². The van der Waals surface area contributed by atoms with Crippen LogP contribution >= 0.6 is 0 Å². The molecule has 0 radical (unpaired) electrons. The Morgan fingerprint density at radius 3 is 2.79 bits per heavy atom. The number of hydrogen-bond donors (Lipinski definition) is 1. The third-order valence-electron chi connectivity index (χ3n) is 7.50. The van der Waals surface area contributed by atoms with Crippen molar-refractivity contribution in [2.75, 3.05) is 13.6 Å². The topological polar surface area (TPSA) is 54.3 Å². The van der Waals surface area contributed by atoms with Crippen LogP contribution in [0, 0.1) is 0 Å². The molecule has 2 atom stereocenters. The Morgan fingerprint density at radius 1 is 1.12 bits per heavy atom. The van der Waals surface area contributed by atoms with Crippen molar-refractivity contribution in [2.45, 2.75) is 50.5 Å². The molecule has 0 spiro atoms. The van der Waals surface area contributed by atoms with Crippen molar-refractivity contribution in [3.63, 3.8) is 0 Å². The number of aryl methyl sites for hydroxylation is 1. The number of carbonyl (C=O) groups excluding carboxylic acids is 2. The van der Waals surface area contributed by atoms with E-state index in [4.69, 9.17) is 0 Å². The molecule has 5 nitrogen and oxygen atoms in total. The van der Waals surface area contributed by atoms with Crippen LogP contribution in [0.3, 0.4) is 0 Å². The highest BCUT2D eigenvalue weighted by molar-refractivity contribution is 6.01. The summed E-state index contributed by atoms with van der Waals surface area (Å²) in [7, 11) is 3.86. The van der Waals surface area contributed by atoms with Gasteiger partial charge in [-0.2, -0.15) is 0 Å². The minimum Gasteiger partial charge on any atom is -0.355 e. The Hall–Kier alpha value is -3.34. The van der Waals surface area contributed by atoms with Gasteiger partial charge >= 0.3 is 0 Å². The zero-order valence-electron chi connectivity index (χ0n) is 20.1. The Bertz CT molecular complexity index is 1200. The molecule has 0 saturated carbocycles. The van der Waals surface area contributed by atoms with Crippen molar-refractivity contribution in [1.82, 2.24) is 14.8 Å². The highest BCUT2D eigenvalue weighted by atomic mass is 16.2. The Morgan fingerprint density at radius 2 is 1.97 bits per heavy atom. The lowest BCUT2D eigenvalue weighted by Crippen LogP contribution is -2.46. The van der Waals surface area contributed by atoms with Gasteiger partial charge in [0.15, 0.2) is 0 Å². The van der Waals surface area contributed by atoms with Crippen molar-refractivity contribution in [1.29, 1.82) is 0 Å². The van der Waals surface area contributed by atoms with Gasteiger partial charge in [-0.05, 0) is 67.4 Å². The number of nitrogens with zero attached hydrogens (tertiary/aromatic N) is 2. The summed E-state index contributed by atoms with van der Waals surface area (Å²) in [5.74, 6) is -0.498. The average Bonchev–Trinajstić information content (AvgIpc) is 3.01. The quantitative estimate of drug-likeness (QED) is 0.640. The maximum Gasteiger partial charge on any atom is 0.254 e. The first-order chi connectivity index (χ1) is 16.6. The standard InChI is InChI=1S/C29H33N3O2/c1-31-19-24(21-13-7-4-8-16-25(21)31)27-26(22-14-9-10-15-23(22)29(34)32(27)2)28(33)30-18-17-20-11-5-3-6-12-20/h4,7-11,14-16,19,26-27H,3,5-6,12-13,17-18H2,1-2H3,(H,30,33). The van der Waals surface area contributed by atoms with E-state index in [0.717, 1.165) is 42.5 Å². The molecule has 0 bridgehead atoms. The lowest BCUT2D eigenvalue weighted by molar-refractivity contribution is -0.124. The van der Waals surface area contributed by atoms with E-state index in [1.54, 1.807) is 4.90 Å². The monoisotopic (exact) mass is 455 g/mol. The molecule has 2 aromatic rings. The lowest BCUT2D eigenvalue weighted by Gasteiger charge is -2.40. The zero-order valence-corrected chi connectivity index (χ0v) is 20.1. The molecule has 3 aliphatic rings.